The molecule has 1 rings (SSSR count). The average Bonchev–Trinajstić information content (AvgIpc) is 2.24. The summed E-state index contributed by atoms with van der Waals surface area (Å²) in [4.78, 5) is 0. The maximum atomic E-state index is 12.5. The fourth-order valence-corrected chi connectivity index (χ4v) is 1.06. The maximum absolute atomic E-state index is 12.5. The van der Waals surface area contributed by atoms with Gasteiger partial charge < -0.3 is 0 Å². The van der Waals surface area contributed by atoms with E-state index in [9.17, 15) is 4.39 Å². The van der Waals surface area contributed by atoms with Crippen LogP contribution in [0.5, 0.6) is 0 Å². The van der Waals surface area contributed by atoms with Crippen LogP contribution in [0.1, 0.15) is 0 Å². The first kappa shape index (κ1) is 13.7. The monoisotopic (exact) mass is 207 g/mol. The second kappa shape index (κ2) is 5.54. The molecule has 0 aliphatic carbocycles. The molecule has 0 aliphatic rings. The van der Waals surface area contributed by atoms with Crippen LogP contribution in [-0.4, -0.2) is 6.15 Å². The normalized spacial score (nSPS) is 8.93. The second-order valence-electron chi connectivity index (χ2n) is 2.80. The van der Waals surface area contributed by atoms with Crippen LogP contribution in [0.4, 0.5) is 4.39 Å². The zero-order chi connectivity index (χ0) is 10.6. The van der Waals surface area contributed by atoms with Gasteiger partial charge in [0.2, 0.25) is 0 Å². The zero-order valence-corrected chi connectivity index (χ0v) is 10.1. The van der Waals surface area contributed by atoms with Crippen LogP contribution in [0.25, 0.3) is 0 Å². The molecule has 0 saturated heterocycles. The van der Waals surface area contributed by atoms with Crippen molar-refractivity contribution in [2.75, 3.05) is 0 Å². The van der Waals surface area contributed by atoms with E-state index in [1.54, 1.807) is 17.9 Å². The van der Waals surface area contributed by atoms with Crippen LogP contribution in [-0.2, 0) is 0 Å². The third-order valence-corrected chi connectivity index (χ3v) is 1.95. The van der Waals surface area contributed by atoms with Gasteiger partial charge in [-0.3, -0.25) is 0 Å². The molecule has 3 nitrogen and oxygen atoms in total. The largest absolute Gasteiger partial charge is 1.00 e. The minimum absolute atomic E-state index is 0. The van der Waals surface area contributed by atoms with Crippen molar-refractivity contribution in [1.29, 1.82) is 15.8 Å². The van der Waals surface area contributed by atoms with E-state index in [0.29, 0.717) is 0 Å². The predicted molar refractivity (Wildman–Crippen MR) is 48.6 cm³/mol. The molecule has 6 heteroatoms. The van der Waals surface area contributed by atoms with Gasteiger partial charge in [-0.25, -0.2) is 20.2 Å². The molecule has 0 aromatic heterocycles. The van der Waals surface area contributed by atoms with E-state index in [2.05, 4.69) is 0 Å². The standard InChI is InChI=1S/C9H4BFN3.Na/c11-9-3-1-8(2-4-9)10(5-12,6-13)7-14;/h1-4H;/q-1;+1. The fourth-order valence-electron chi connectivity index (χ4n) is 1.06. The van der Waals surface area contributed by atoms with Gasteiger partial charge in [0.1, 0.15) is 5.82 Å². The molecule has 1 aromatic carbocycles. The molecule has 0 atom stereocenters. The molecule has 0 fully saturated rings. The van der Waals surface area contributed by atoms with Crippen LogP contribution >= 0.6 is 0 Å². The topological polar surface area (TPSA) is 71.4 Å². The predicted octanol–water partition coefficient (Wildman–Crippen LogP) is -2.33. The van der Waals surface area contributed by atoms with Crippen molar-refractivity contribution in [3.63, 3.8) is 0 Å². The van der Waals surface area contributed by atoms with E-state index in [1.165, 1.54) is 12.1 Å². The fraction of sp³-hybridized carbons (Fsp3) is 0. The van der Waals surface area contributed by atoms with Crippen LogP contribution in [0.2, 0.25) is 0 Å². The summed E-state index contributed by atoms with van der Waals surface area (Å²) in [6, 6.07) is 4.81. The number of nitrogens with zero attached hydrogens (tertiary/aromatic N) is 3. The second-order valence-corrected chi connectivity index (χ2v) is 2.80. The van der Waals surface area contributed by atoms with Gasteiger partial charge in [0.25, 0.3) is 0 Å². The van der Waals surface area contributed by atoms with Crippen LogP contribution in [0.3, 0.4) is 0 Å². The summed E-state index contributed by atoms with van der Waals surface area (Å²) in [5, 5.41) is 26.2. The maximum Gasteiger partial charge on any atom is 1.00 e. The van der Waals surface area contributed by atoms with Crippen molar-refractivity contribution in [1.82, 2.24) is 0 Å². The first-order chi connectivity index (χ1) is 6.68. The van der Waals surface area contributed by atoms with E-state index in [0.717, 1.165) is 12.1 Å². The number of benzene rings is 1. The zero-order valence-electron chi connectivity index (χ0n) is 8.11. The molecular weight excluding hydrogens is 203 g/mol. The molecule has 66 valence electrons. The van der Waals surface area contributed by atoms with Crippen LogP contribution in [0.15, 0.2) is 24.3 Å². The van der Waals surface area contributed by atoms with Crippen molar-refractivity contribution in [3.05, 3.63) is 30.1 Å². The number of nitriles is 3. The van der Waals surface area contributed by atoms with Gasteiger partial charge in [0.05, 0.1) is 0 Å². The molecular formula is C9H4BFN3Na. The summed E-state index contributed by atoms with van der Waals surface area (Å²) in [5.41, 5.74) is 0.249. The summed E-state index contributed by atoms with van der Waals surface area (Å²) in [5.74, 6) is 4.54. The molecule has 0 unspecified atom stereocenters. The third kappa shape index (κ3) is 2.58. The molecule has 0 saturated carbocycles. The molecule has 1 aromatic rings. The number of rotatable bonds is 1. The summed E-state index contributed by atoms with van der Waals surface area (Å²) in [7, 11) is 0. The van der Waals surface area contributed by atoms with Crippen molar-refractivity contribution < 1.29 is 33.9 Å². The van der Waals surface area contributed by atoms with Crippen molar-refractivity contribution in [2.24, 2.45) is 0 Å². The summed E-state index contributed by atoms with van der Waals surface area (Å²) >= 11 is 0. The Balaban J connectivity index is 0.00000196. The van der Waals surface area contributed by atoms with Gasteiger partial charge in [0.15, 0.2) is 0 Å². The Labute approximate surface area is 109 Å². The summed E-state index contributed by atoms with van der Waals surface area (Å²) in [6.45, 7) is 0. The van der Waals surface area contributed by atoms with Gasteiger partial charge in [0, 0.05) is 0 Å². The van der Waals surface area contributed by atoms with Gasteiger partial charge in [-0.2, -0.15) is 5.46 Å². The molecule has 0 aliphatic heterocycles. The average molecular weight is 207 g/mol. The van der Waals surface area contributed by atoms with E-state index in [-0.39, 0.29) is 35.0 Å². The van der Waals surface area contributed by atoms with Crippen molar-refractivity contribution >= 4 is 11.6 Å². The Kier molecular flexibility index (Phi) is 5.05. The molecule has 0 N–H and O–H groups in total. The van der Waals surface area contributed by atoms with E-state index >= 15 is 0 Å². The third-order valence-electron chi connectivity index (χ3n) is 1.95. The molecule has 0 bridgehead atoms. The van der Waals surface area contributed by atoms with Gasteiger partial charge in [-0.15, -0.1) is 17.9 Å². The first-order valence-electron chi connectivity index (χ1n) is 3.84. The minimum Gasteiger partial charge on any atom is -0.246 e. The van der Waals surface area contributed by atoms with E-state index in [1.807, 2.05) is 0 Å². The minimum atomic E-state index is -2.53. The smallest absolute Gasteiger partial charge is 0.246 e. The Hall–Kier alpha value is -1.32. The van der Waals surface area contributed by atoms with E-state index < -0.39 is 12.0 Å². The number of hydrogen-bond donors (Lipinski definition) is 0. The Morgan fingerprint density at radius 1 is 0.933 bits per heavy atom. The molecule has 0 heterocycles. The Morgan fingerprint density at radius 2 is 1.33 bits per heavy atom. The van der Waals surface area contributed by atoms with Gasteiger partial charge >= 0.3 is 35.7 Å². The molecule has 15 heavy (non-hydrogen) atoms. The number of halogens is 1. The van der Waals surface area contributed by atoms with Crippen molar-refractivity contribution in [3.8, 4) is 17.9 Å². The Morgan fingerprint density at radius 3 is 1.67 bits per heavy atom. The first-order valence-corrected chi connectivity index (χ1v) is 3.84. The summed E-state index contributed by atoms with van der Waals surface area (Å²) in [6.07, 6.45) is -2.53. The molecule has 0 amide bonds. The van der Waals surface area contributed by atoms with Gasteiger partial charge in [-0.1, -0.05) is 12.1 Å². The SMILES string of the molecule is N#C[B-](C#N)(C#N)c1ccc(F)cc1.[Na+]. The summed E-state index contributed by atoms with van der Waals surface area (Å²) < 4.78 is 12.5. The van der Waals surface area contributed by atoms with Crippen LogP contribution in [0, 0.1) is 39.5 Å². The molecule has 0 spiro atoms. The van der Waals surface area contributed by atoms with Gasteiger partial charge in [-0.05, 0) is 12.1 Å². The Bertz CT molecular complexity index is 430. The van der Waals surface area contributed by atoms with Crippen molar-refractivity contribution in [2.45, 2.75) is 0 Å². The quantitative estimate of drug-likeness (QED) is 0.485. The van der Waals surface area contributed by atoms with E-state index in [4.69, 9.17) is 15.8 Å². The number of hydrogen-bond acceptors (Lipinski definition) is 3. The molecule has 0 radical (unpaired) electrons. The van der Waals surface area contributed by atoms with Crippen LogP contribution < -0.4 is 35.0 Å².